The summed E-state index contributed by atoms with van der Waals surface area (Å²) in [5.74, 6) is 0. The van der Waals surface area contributed by atoms with Gasteiger partial charge < -0.3 is 8.83 Å². The fourth-order valence-corrected chi connectivity index (χ4v) is 4.08. The summed E-state index contributed by atoms with van der Waals surface area (Å²) >= 11 is 3.50. The smallest absolute Gasteiger partial charge is 0.139 e. The molecule has 2 heterocycles. The molecule has 0 radical (unpaired) electrons. The van der Waals surface area contributed by atoms with E-state index in [1.165, 1.54) is 11.1 Å². The molecular formula is C24H13BrO2. The van der Waals surface area contributed by atoms with Crippen molar-refractivity contribution in [2.24, 2.45) is 0 Å². The Labute approximate surface area is 163 Å². The maximum Gasteiger partial charge on any atom is 0.139 e. The van der Waals surface area contributed by atoms with Gasteiger partial charge in [-0.25, -0.2) is 0 Å². The van der Waals surface area contributed by atoms with E-state index in [2.05, 4.69) is 64.5 Å². The van der Waals surface area contributed by atoms with Gasteiger partial charge in [0, 0.05) is 32.1 Å². The third-order valence-electron chi connectivity index (χ3n) is 5.15. The van der Waals surface area contributed by atoms with E-state index in [9.17, 15) is 0 Å². The van der Waals surface area contributed by atoms with Crippen LogP contribution in [0.15, 0.2) is 92.2 Å². The molecule has 0 aliphatic rings. The zero-order valence-corrected chi connectivity index (χ0v) is 15.8. The molecule has 0 saturated carbocycles. The molecule has 0 bridgehead atoms. The van der Waals surface area contributed by atoms with Gasteiger partial charge in [-0.3, -0.25) is 0 Å². The summed E-state index contributed by atoms with van der Waals surface area (Å²) < 4.78 is 13.2. The first-order valence-corrected chi connectivity index (χ1v) is 9.59. The summed E-state index contributed by atoms with van der Waals surface area (Å²) in [6.07, 6.45) is 0. The standard InChI is InChI=1S/C24H13BrO2/c25-16-8-5-14(6-9-16)15-7-10-22-18(11-15)20-12-19-17-3-1-2-4-21(17)26-23(19)13-24(20)27-22/h1-13H. The van der Waals surface area contributed by atoms with Gasteiger partial charge in [0.05, 0.1) is 0 Å². The average molecular weight is 413 g/mol. The van der Waals surface area contributed by atoms with E-state index in [0.717, 1.165) is 48.3 Å². The number of para-hydroxylation sites is 1. The Kier molecular flexibility index (Phi) is 3.06. The van der Waals surface area contributed by atoms with Gasteiger partial charge in [0.25, 0.3) is 0 Å². The molecule has 0 amide bonds. The van der Waals surface area contributed by atoms with Crippen molar-refractivity contribution >= 4 is 59.8 Å². The van der Waals surface area contributed by atoms with Crippen LogP contribution in [0.2, 0.25) is 0 Å². The summed E-state index contributed by atoms with van der Waals surface area (Å²) in [6, 6.07) is 27.1. The van der Waals surface area contributed by atoms with Crippen LogP contribution in [0.3, 0.4) is 0 Å². The molecule has 3 heteroatoms. The minimum absolute atomic E-state index is 0.851. The lowest BCUT2D eigenvalue weighted by molar-refractivity contribution is 0.656. The van der Waals surface area contributed by atoms with Crippen LogP contribution in [0, 0.1) is 0 Å². The summed E-state index contributed by atoms with van der Waals surface area (Å²) in [5.41, 5.74) is 5.86. The van der Waals surface area contributed by atoms with Crippen LogP contribution >= 0.6 is 15.9 Å². The Balaban J connectivity index is 1.66. The highest BCUT2D eigenvalue weighted by molar-refractivity contribution is 9.10. The Morgan fingerprint density at radius 1 is 0.481 bits per heavy atom. The normalized spacial score (nSPS) is 11.9. The second-order valence-electron chi connectivity index (χ2n) is 6.76. The molecule has 0 unspecified atom stereocenters. The first-order valence-electron chi connectivity index (χ1n) is 8.80. The van der Waals surface area contributed by atoms with Crippen LogP contribution in [0.5, 0.6) is 0 Å². The first kappa shape index (κ1) is 15.1. The van der Waals surface area contributed by atoms with E-state index in [1.807, 2.05) is 30.3 Å². The SMILES string of the molecule is Brc1ccc(-c2ccc3oc4cc5oc6ccccc6c5cc4c3c2)cc1. The van der Waals surface area contributed by atoms with E-state index < -0.39 is 0 Å². The number of furan rings is 2. The number of halogens is 1. The van der Waals surface area contributed by atoms with E-state index in [0.29, 0.717) is 0 Å². The molecule has 0 N–H and O–H groups in total. The second-order valence-corrected chi connectivity index (χ2v) is 7.68. The molecule has 27 heavy (non-hydrogen) atoms. The zero-order chi connectivity index (χ0) is 18.0. The number of benzene rings is 4. The zero-order valence-electron chi connectivity index (χ0n) is 14.2. The van der Waals surface area contributed by atoms with Crippen LogP contribution in [0.4, 0.5) is 0 Å². The topological polar surface area (TPSA) is 26.3 Å². The van der Waals surface area contributed by atoms with Crippen molar-refractivity contribution in [1.82, 2.24) is 0 Å². The molecule has 0 fully saturated rings. The quantitative estimate of drug-likeness (QED) is 0.274. The largest absolute Gasteiger partial charge is 0.456 e. The molecule has 0 spiro atoms. The Hall–Kier alpha value is -3.04. The molecule has 6 aromatic rings. The lowest BCUT2D eigenvalue weighted by Crippen LogP contribution is -1.77. The van der Waals surface area contributed by atoms with Crippen LogP contribution in [-0.4, -0.2) is 0 Å². The van der Waals surface area contributed by atoms with E-state index in [-0.39, 0.29) is 0 Å². The molecule has 2 aromatic heterocycles. The molecule has 4 aromatic carbocycles. The highest BCUT2D eigenvalue weighted by Crippen LogP contribution is 2.37. The molecule has 6 rings (SSSR count). The molecular weight excluding hydrogens is 400 g/mol. The fourth-order valence-electron chi connectivity index (χ4n) is 3.82. The number of rotatable bonds is 1. The van der Waals surface area contributed by atoms with Crippen LogP contribution in [0.1, 0.15) is 0 Å². The molecule has 0 atom stereocenters. The minimum atomic E-state index is 0.851. The van der Waals surface area contributed by atoms with Gasteiger partial charge in [-0.05, 0) is 47.5 Å². The Bertz CT molecular complexity index is 1470. The van der Waals surface area contributed by atoms with E-state index in [4.69, 9.17) is 8.83 Å². The van der Waals surface area contributed by atoms with Gasteiger partial charge in [-0.2, -0.15) is 0 Å². The molecule has 128 valence electrons. The Morgan fingerprint density at radius 3 is 1.93 bits per heavy atom. The molecule has 0 aliphatic heterocycles. The third kappa shape index (κ3) is 2.25. The predicted molar refractivity (Wildman–Crippen MR) is 114 cm³/mol. The van der Waals surface area contributed by atoms with Crippen LogP contribution in [-0.2, 0) is 0 Å². The van der Waals surface area contributed by atoms with Crippen LogP contribution in [0.25, 0.3) is 55.0 Å². The molecule has 0 saturated heterocycles. The number of hydrogen-bond donors (Lipinski definition) is 0. The summed E-state index contributed by atoms with van der Waals surface area (Å²) in [5, 5.41) is 4.49. The van der Waals surface area contributed by atoms with Crippen molar-refractivity contribution in [3.63, 3.8) is 0 Å². The van der Waals surface area contributed by atoms with Crippen LogP contribution < -0.4 is 0 Å². The second kappa shape index (κ2) is 5.48. The average Bonchev–Trinajstić information content (AvgIpc) is 3.23. The number of fused-ring (bicyclic) bond motifs is 6. The van der Waals surface area contributed by atoms with Gasteiger partial charge in [0.1, 0.15) is 22.3 Å². The van der Waals surface area contributed by atoms with Gasteiger partial charge >= 0.3 is 0 Å². The fraction of sp³-hybridized carbons (Fsp3) is 0. The van der Waals surface area contributed by atoms with Gasteiger partial charge in [-0.1, -0.05) is 52.3 Å². The van der Waals surface area contributed by atoms with Gasteiger partial charge in [0.15, 0.2) is 0 Å². The minimum Gasteiger partial charge on any atom is -0.456 e. The number of hydrogen-bond acceptors (Lipinski definition) is 2. The highest BCUT2D eigenvalue weighted by atomic mass is 79.9. The van der Waals surface area contributed by atoms with E-state index in [1.54, 1.807) is 0 Å². The lowest BCUT2D eigenvalue weighted by Gasteiger charge is -2.02. The lowest BCUT2D eigenvalue weighted by atomic mass is 10.0. The predicted octanol–water partition coefficient (Wildman–Crippen LogP) is 7.91. The highest BCUT2D eigenvalue weighted by Gasteiger charge is 2.13. The summed E-state index contributed by atoms with van der Waals surface area (Å²) in [7, 11) is 0. The molecule has 0 aliphatic carbocycles. The van der Waals surface area contributed by atoms with Crippen molar-refractivity contribution in [2.75, 3.05) is 0 Å². The maximum atomic E-state index is 6.10. The summed E-state index contributed by atoms with van der Waals surface area (Å²) in [6.45, 7) is 0. The summed E-state index contributed by atoms with van der Waals surface area (Å²) in [4.78, 5) is 0. The first-order chi connectivity index (χ1) is 13.3. The Morgan fingerprint density at radius 2 is 1.11 bits per heavy atom. The van der Waals surface area contributed by atoms with Crippen molar-refractivity contribution < 1.29 is 8.83 Å². The molecule has 2 nitrogen and oxygen atoms in total. The van der Waals surface area contributed by atoms with E-state index >= 15 is 0 Å². The third-order valence-corrected chi connectivity index (χ3v) is 5.67. The van der Waals surface area contributed by atoms with Crippen molar-refractivity contribution in [2.45, 2.75) is 0 Å². The van der Waals surface area contributed by atoms with Gasteiger partial charge in [0.2, 0.25) is 0 Å². The maximum absolute atomic E-state index is 6.10. The monoisotopic (exact) mass is 412 g/mol. The van der Waals surface area contributed by atoms with Crippen molar-refractivity contribution in [1.29, 1.82) is 0 Å². The van der Waals surface area contributed by atoms with Crippen molar-refractivity contribution in [3.8, 4) is 11.1 Å². The van der Waals surface area contributed by atoms with Gasteiger partial charge in [-0.15, -0.1) is 0 Å². The van der Waals surface area contributed by atoms with Crippen molar-refractivity contribution in [3.05, 3.63) is 83.3 Å².